The van der Waals surface area contributed by atoms with Gasteiger partial charge in [-0.1, -0.05) is 19.0 Å². The maximum Gasteiger partial charge on any atom is 0.252 e. The average Bonchev–Trinajstić information content (AvgIpc) is 3.09. The van der Waals surface area contributed by atoms with Gasteiger partial charge in [0.2, 0.25) is 0 Å². The standard InChI is InChI=1S/C18H26N6O2.HI/c1-4-15-14(16(5-2)26-24-15)12-23-18(19-3)22-10-9-21-17(25)13-7-6-8-20-11-13;/h6-8,11H,4-5,9-10,12H2,1-3H3,(H,21,25)(H2,19,22,23);1H. The third kappa shape index (κ3) is 6.81. The van der Waals surface area contributed by atoms with Crippen molar-refractivity contribution in [3.8, 4) is 0 Å². The molecule has 0 radical (unpaired) electrons. The molecule has 0 aliphatic rings. The Morgan fingerprint density at radius 2 is 1.96 bits per heavy atom. The van der Waals surface area contributed by atoms with E-state index in [9.17, 15) is 4.79 Å². The molecule has 0 aliphatic carbocycles. The summed E-state index contributed by atoms with van der Waals surface area (Å²) in [6, 6.07) is 3.46. The number of carbonyl (C=O) groups excluding carboxylic acids is 1. The van der Waals surface area contributed by atoms with Gasteiger partial charge in [0.05, 0.1) is 11.3 Å². The molecule has 2 rings (SSSR count). The molecule has 0 spiro atoms. The van der Waals surface area contributed by atoms with Crippen molar-refractivity contribution in [2.75, 3.05) is 20.1 Å². The van der Waals surface area contributed by atoms with Gasteiger partial charge < -0.3 is 20.5 Å². The number of aromatic nitrogens is 2. The van der Waals surface area contributed by atoms with Crippen molar-refractivity contribution >= 4 is 35.8 Å². The lowest BCUT2D eigenvalue weighted by Gasteiger charge is -2.12. The molecular weight excluding hydrogens is 459 g/mol. The van der Waals surface area contributed by atoms with E-state index in [1.165, 1.54) is 0 Å². The summed E-state index contributed by atoms with van der Waals surface area (Å²) in [5.74, 6) is 1.41. The van der Waals surface area contributed by atoms with Crippen LogP contribution in [0.25, 0.3) is 0 Å². The van der Waals surface area contributed by atoms with E-state index in [0.29, 0.717) is 31.2 Å². The molecule has 2 aromatic heterocycles. The molecule has 0 saturated carbocycles. The molecule has 0 saturated heterocycles. The normalized spacial score (nSPS) is 10.9. The summed E-state index contributed by atoms with van der Waals surface area (Å²) in [6.45, 7) is 5.72. The zero-order chi connectivity index (χ0) is 18.8. The summed E-state index contributed by atoms with van der Waals surface area (Å²) in [6.07, 6.45) is 4.81. The minimum Gasteiger partial charge on any atom is -0.361 e. The molecule has 0 unspecified atom stereocenters. The zero-order valence-electron chi connectivity index (χ0n) is 15.9. The molecule has 148 valence electrons. The lowest BCUT2D eigenvalue weighted by atomic mass is 10.1. The molecule has 0 bridgehead atoms. The van der Waals surface area contributed by atoms with Gasteiger partial charge in [-0.05, 0) is 18.6 Å². The molecule has 1 amide bonds. The highest BCUT2D eigenvalue weighted by Gasteiger charge is 2.13. The first-order chi connectivity index (χ1) is 12.7. The van der Waals surface area contributed by atoms with E-state index in [2.05, 4.69) is 38.0 Å². The number of carbonyl (C=O) groups is 1. The fourth-order valence-electron chi connectivity index (χ4n) is 2.49. The van der Waals surface area contributed by atoms with E-state index in [-0.39, 0.29) is 29.9 Å². The van der Waals surface area contributed by atoms with Gasteiger partial charge in [0.15, 0.2) is 5.96 Å². The molecule has 0 atom stereocenters. The lowest BCUT2D eigenvalue weighted by molar-refractivity contribution is 0.0954. The van der Waals surface area contributed by atoms with Crippen LogP contribution in [0.2, 0.25) is 0 Å². The molecule has 2 heterocycles. The van der Waals surface area contributed by atoms with Crippen molar-refractivity contribution in [3.63, 3.8) is 0 Å². The van der Waals surface area contributed by atoms with Crippen molar-refractivity contribution in [1.82, 2.24) is 26.1 Å². The second-order valence-electron chi connectivity index (χ2n) is 5.59. The van der Waals surface area contributed by atoms with Crippen LogP contribution in [-0.2, 0) is 19.4 Å². The van der Waals surface area contributed by atoms with Crippen molar-refractivity contribution in [3.05, 3.63) is 47.1 Å². The number of rotatable bonds is 8. The summed E-state index contributed by atoms with van der Waals surface area (Å²) in [7, 11) is 1.71. The highest BCUT2D eigenvalue weighted by atomic mass is 127. The van der Waals surface area contributed by atoms with Crippen LogP contribution in [0, 0.1) is 0 Å². The minimum atomic E-state index is -0.146. The predicted octanol–water partition coefficient (Wildman–Crippen LogP) is 1.91. The van der Waals surface area contributed by atoms with E-state index in [1.54, 1.807) is 31.6 Å². The monoisotopic (exact) mass is 486 g/mol. The Morgan fingerprint density at radius 3 is 2.59 bits per heavy atom. The Bertz CT molecular complexity index is 711. The number of guanidine groups is 1. The topological polar surface area (TPSA) is 104 Å². The van der Waals surface area contributed by atoms with Crippen LogP contribution < -0.4 is 16.0 Å². The van der Waals surface area contributed by atoms with E-state index in [1.807, 2.05) is 6.92 Å². The first-order valence-corrected chi connectivity index (χ1v) is 8.78. The number of nitrogens with one attached hydrogen (secondary N) is 3. The molecular formula is C18H27IN6O2. The quantitative estimate of drug-likeness (QED) is 0.228. The van der Waals surface area contributed by atoms with Crippen molar-refractivity contribution in [1.29, 1.82) is 0 Å². The second-order valence-corrected chi connectivity index (χ2v) is 5.59. The molecule has 2 aromatic rings. The highest BCUT2D eigenvalue weighted by Crippen LogP contribution is 2.15. The van der Waals surface area contributed by atoms with Gasteiger partial charge in [-0.15, -0.1) is 24.0 Å². The van der Waals surface area contributed by atoms with Crippen molar-refractivity contribution in [2.24, 2.45) is 4.99 Å². The van der Waals surface area contributed by atoms with Crippen LogP contribution >= 0.6 is 24.0 Å². The van der Waals surface area contributed by atoms with Crippen molar-refractivity contribution in [2.45, 2.75) is 33.2 Å². The van der Waals surface area contributed by atoms with Crippen LogP contribution in [-0.4, -0.2) is 42.1 Å². The van der Waals surface area contributed by atoms with Gasteiger partial charge in [-0.2, -0.15) is 0 Å². The van der Waals surface area contributed by atoms with Crippen LogP contribution in [0.5, 0.6) is 0 Å². The second kappa shape index (κ2) is 12.3. The Hall–Kier alpha value is -2.17. The van der Waals surface area contributed by atoms with E-state index < -0.39 is 0 Å². The van der Waals surface area contributed by atoms with Crippen LogP contribution in [0.15, 0.2) is 34.0 Å². The Morgan fingerprint density at radius 1 is 1.19 bits per heavy atom. The first-order valence-electron chi connectivity index (χ1n) is 8.78. The third-order valence-electron chi connectivity index (χ3n) is 3.89. The number of halogens is 1. The van der Waals surface area contributed by atoms with Crippen LogP contribution in [0.4, 0.5) is 0 Å². The predicted molar refractivity (Wildman–Crippen MR) is 115 cm³/mol. The van der Waals surface area contributed by atoms with Gasteiger partial charge in [0, 0.05) is 51.1 Å². The fourth-order valence-corrected chi connectivity index (χ4v) is 2.49. The SMILES string of the molecule is CCc1noc(CC)c1CNC(=NC)NCCNC(=O)c1cccnc1.I. The lowest BCUT2D eigenvalue weighted by Crippen LogP contribution is -2.41. The van der Waals surface area contributed by atoms with Gasteiger partial charge in [-0.3, -0.25) is 14.8 Å². The summed E-state index contributed by atoms with van der Waals surface area (Å²) < 4.78 is 5.37. The molecule has 0 aromatic carbocycles. The summed E-state index contributed by atoms with van der Waals surface area (Å²) in [4.78, 5) is 20.1. The maximum absolute atomic E-state index is 11.9. The summed E-state index contributed by atoms with van der Waals surface area (Å²) in [5, 5.41) is 13.4. The molecule has 3 N–H and O–H groups in total. The van der Waals surface area contributed by atoms with Crippen LogP contribution in [0.3, 0.4) is 0 Å². The van der Waals surface area contributed by atoms with Crippen LogP contribution in [0.1, 0.15) is 41.2 Å². The van der Waals surface area contributed by atoms with Gasteiger partial charge >= 0.3 is 0 Å². The van der Waals surface area contributed by atoms with Gasteiger partial charge in [0.1, 0.15) is 5.76 Å². The average molecular weight is 486 g/mol. The number of pyridine rings is 1. The van der Waals surface area contributed by atoms with E-state index in [0.717, 1.165) is 29.9 Å². The maximum atomic E-state index is 11.9. The largest absolute Gasteiger partial charge is 0.361 e. The van der Waals surface area contributed by atoms with Crippen molar-refractivity contribution < 1.29 is 9.32 Å². The number of nitrogens with zero attached hydrogens (tertiary/aromatic N) is 3. The number of amides is 1. The Balaban J connectivity index is 0.00000364. The molecule has 9 heteroatoms. The van der Waals surface area contributed by atoms with E-state index >= 15 is 0 Å². The fraction of sp³-hybridized carbons (Fsp3) is 0.444. The van der Waals surface area contributed by atoms with Gasteiger partial charge in [-0.25, -0.2) is 0 Å². The number of aliphatic imine (C=N–C) groups is 1. The molecule has 8 nitrogen and oxygen atoms in total. The highest BCUT2D eigenvalue weighted by molar-refractivity contribution is 14.0. The smallest absolute Gasteiger partial charge is 0.252 e. The zero-order valence-corrected chi connectivity index (χ0v) is 18.2. The number of aryl methyl sites for hydroxylation is 2. The first kappa shape index (κ1) is 22.9. The number of hydrogen-bond donors (Lipinski definition) is 3. The Labute approximate surface area is 176 Å². The summed E-state index contributed by atoms with van der Waals surface area (Å²) in [5.41, 5.74) is 2.60. The molecule has 0 aliphatic heterocycles. The van der Waals surface area contributed by atoms with Gasteiger partial charge in [0.25, 0.3) is 5.91 Å². The third-order valence-corrected chi connectivity index (χ3v) is 3.89. The van der Waals surface area contributed by atoms with E-state index in [4.69, 9.17) is 4.52 Å². The minimum absolute atomic E-state index is 0. The molecule has 0 fully saturated rings. The summed E-state index contributed by atoms with van der Waals surface area (Å²) >= 11 is 0. The Kier molecular flexibility index (Phi) is 10.4. The number of hydrogen-bond acceptors (Lipinski definition) is 5. The molecule has 27 heavy (non-hydrogen) atoms.